The fourth-order valence-electron chi connectivity index (χ4n) is 7.21. The molecule has 0 saturated carbocycles. The van der Waals surface area contributed by atoms with Gasteiger partial charge in [-0.2, -0.15) is 0 Å². The molecule has 0 atom stereocenters. The molecule has 4 nitrogen and oxygen atoms in total. The third-order valence-corrected chi connectivity index (χ3v) is 10.9. The van der Waals surface area contributed by atoms with Gasteiger partial charge in [-0.15, -0.1) is 0 Å². The van der Waals surface area contributed by atoms with E-state index in [2.05, 4.69) is 27.7 Å². The molecule has 0 aliphatic carbocycles. The number of aliphatic carboxylic acids is 2. The first-order chi connectivity index (χ1) is 26.5. The molecule has 0 aliphatic heterocycles. The lowest BCUT2D eigenvalue weighted by molar-refractivity contribution is -0.138. The molecule has 0 aromatic heterocycles. The Morgan fingerprint density at radius 3 is 0.444 bits per heavy atom. The second-order valence-corrected chi connectivity index (χ2v) is 16.7. The van der Waals surface area contributed by atoms with Gasteiger partial charge in [0, 0.05) is 12.8 Å². The number of rotatable bonds is 43. The van der Waals surface area contributed by atoms with E-state index in [0.717, 1.165) is 38.5 Å². The molecule has 4 heteroatoms. The van der Waals surface area contributed by atoms with Gasteiger partial charge in [0.1, 0.15) is 0 Å². The lowest BCUT2D eigenvalue weighted by Crippen LogP contribution is -1.94. The third-order valence-electron chi connectivity index (χ3n) is 10.9. The molecule has 0 heterocycles. The van der Waals surface area contributed by atoms with E-state index in [1.165, 1.54) is 231 Å². The van der Waals surface area contributed by atoms with Gasteiger partial charge in [0.05, 0.1) is 0 Å². The van der Waals surface area contributed by atoms with Crippen LogP contribution >= 0.6 is 0 Å². The van der Waals surface area contributed by atoms with Crippen molar-refractivity contribution in [1.82, 2.24) is 0 Å². The average Bonchev–Trinajstić information content (AvgIpc) is 3.16. The maximum Gasteiger partial charge on any atom is 0.303 e. The highest BCUT2D eigenvalue weighted by molar-refractivity contribution is 5.66. The average molecular weight is 767 g/mol. The van der Waals surface area contributed by atoms with E-state index in [1.807, 2.05) is 0 Å². The van der Waals surface area contributed by atoms with Crippen molar-refractivity contribution in [2.45, 2.75) is 310 Å². The minimum Gasteiger partial charge on any atom is -0.481 e. The molecular weight excluding hydrogens is 665 g/mol. The zero-order valence-electron chi connectivity index (χ0n) is 37.8. The Balaban J connectivity index is -0.000000736. The van der Waals surface area contributed by atoms with Gasteiger partial charge < -0.3 is 10.2 Å². The number of carboxylic acid groups (broad SMARTS) is 2. The van der Waals surface area contributed by atoms with Crippen molar-refractivity contribution in [3.63, 3.8) is 0 Å². The summed E-state index contributed by atoms with van der Waals surface area (Å²) in [4.78, 5) is 20.3. The number of carboxylic acids is 2. The summed E-state index contributed by atoms with van der Waals surface area (Å²) in [5.41, 5.74) is 0. The zero-order valence-corrected chi connectivity index (χ0v) is 37.8. The Morgan fingerprint density at radius 1 is 0.222 bits per heavy atom. The maximum atomic E-state index is 10.1. The van der Waals surface area contributed by atoms with Crippen LogP contribution in [0.3, 0.4) is 0 Å². The molecule has 0 unspecified atom stereocenters. The predicted molar refractivity (Wildman–Crippen MR) is 241 cm³/mol. The highest BCUT2D eigenvalue weighted by atomic mass is 16.4. The van der Waals surface area contributed by atoms with Gasteiger partial charge in [0.2, 0.25) is 0 Å². The van der Waals surface area contributed by atoms with Crippen LogP contribution in [-0.2, 0) is 9.59 Å². The normalized spacial score (nSPS) is 10.8. The summed E-state index contributed by atoms with van der Waals surface area (Å²) < 4.78 is 0. The first kappa shape index (κ1) is 57.3. The van der Waals surface area contributed by atoms with Crippen molar-refractivity contribution in [2.24, 2.45) is 0 Å². The van der Waals surface area contributed by atoms with Crippen LogP contribution < -0.4 is 0 Å². The second kappa shape index (κ2) is 56.3. The fraction of sp³-hybridized carbons (Fsp3) is 0.960. The van der Waals surface area contributed by atoms with Gasteiger partial charge in [0.15, 0.2) is 0 Å². The van der Waals surface area contributed by atoms with Crippen LogP contribution in [0.5, 0.6) is 0 Å². The Bertz CT molecular complexity index is 571. The standard InChI is InChI=1S/2C20H42.C10H18O4/c2*1-3-5-7-9-11-13-15-17-19-20-18-16-14-12-10-8-6-4-2;11-9(12)7-5-3-1-2-4-6-8-10(13)14/h2*3-20H2,1-2H3;1-8H2,(H,11,12)(H,13,14). The summed E-state index contributed by atoms with van der Waals surface area (Å²) in [6, 6.07) is 0. The molecule has 0 aromatic rings. The van der Waals surface area contributed by atoms with Crippen molar-refractivity contribution < 1.29 is 19.8 Å². The molecule has 0 amide bonds. The monoisotopic (exact) mass is 767 g/mol. The third kappa shape index (κ3) is 65.8. The van der Waals surface area contributed by atoms with E-state index in [0.29, 0.717) is 0 Å². The second-order valence-electron chi connectivity index (χ2n) is 16.7. The van der Waals surface area contributed by atoms with Crippen molar-refractivity contribution in [3.8, 4) is 0 Å². The molecule has 0 rings (SSSR count). The van der Waals surface area contributed by atoms with E-state index in [9.17, 15) is 9.59 Å². The molecule has 0 saturated heterocycles. The van der Waals surface area contributed by atoms with Gasteiger partial charge in [0.25, 0.3) is 0 Å². The molecule has 2 N–H and O–H groups in total. The molecule has 0 radical (unpaired) electrons. The molecule has 0 aromatic carbocycles. The van der Waals surface area contributed by atoms with E-state index < -0.39 is 11.9 Å². The molecule has 326 valence electrons. The quantitative estimate of drug-likeness (QED) is 0.0606. The highest BCUT2D eigenvalue weighted by Gasteiger charge is 1.99. The van der Waals surface area contributed by atoms with Gasteiger partial charge in [-0.05, 0) is 12.8 Å². The number of hydrogen-bond donors (Lipinski definition) is 2. The molecule has 54 heavy (non-hydrogen) atoms. The van der Waals surface area contributed by atoms with E-state index in [1.54, 1.807) is 0 Å². The van der Waals surface area contributed by atoms with Crippen molar-refractivity contribution in [1.29, 1.82) is 0 Å². The molecule has 0 bridgehead atoms. The lowest BCUT2D eigenvalue weighted by Gasteiger charge is -2.03. The highest BCUT2D eigenvalue weighted by Crippen LogP contribution is 2.16. The summed E-state index contributed by atoms with van der Waals surface area (Å²) in [7, 11) is 0. The minimum atomic E-state index is -0.740. The minimum absolute atomic E-state index is 0.245. The van der Waals surface area contributed by atoms with Crippen LogP contribution in [0, 0.1) is 0 Å². The smallest absolute Gasteiger partial charge is 0.303 e. The summed E-state index contributed by atoms with van der Waals surface area (Å²) in [5.74, 6) is -1.48. The van der Waals surface area contributed by atoms with Crippen molar-refractivity contribution in [3.05, 3.63) is 0 Å². The largest absolute Gasteiger partial charge is 0.481 e. The Hall–Kier alpha value is -1.06. The van der Waals surface area contributed by atoms with Crippen molar-refractivity contribution >= 4 is 11.9 Å². The molecule has 0 spiro atoms. The lowest BCUT2D eigenvalue weighted by atomic mass is 10.0. The van der Waals surface area contributed by atoms with Gasteiger partial charge >= 0.3 is 11.9 Å². The zero-order chi connectivity index (χ0) is 40.3. The van der Waals surface area contributed by atoms with E-state index >= 15 is 0 Å². The van der Waals surface area contributed by atoms with Crippen molar-refractivity contribution in [2.75, 3.05) is 0 Å². The molecule has 0 aliphatic rings. The van der Waals surface area contributed by atoms with Crippen LogP contribution in [0.4, 0.5) is 0 Å². The number of unbranched alkanes of at least 4 members (excludes halogenated alkanes) is 39. The Kier molecular flexibility index (Phi) is 59.7. The molecule has 0 fully saturated rings. The first-order valence-electron chi connectivity index (χ1n) is 24.9. The SMILES string of the molecule is CCCCCCCCCCCCCCCCCCCC.CCCCCCCCCCCCCCCCCCCC.O=C(O)CCCCCCCCC(=O)O. The number of carbonyl (C=O) groups is 2. The fourth-order valence-corrected chi connectivity index (χ4v) is 7.21. The predicted octanol–water partition coefficient (Wildman–Crippen LogP) is 18.4. The van der Waals surface area contributed by atoms with E-state index in [4.69, 9.17) is 10.2 Å². The summed E-state index contributed by atoms with van der Waals surface area (Å²) in [6.07, 6.45) is 58.6. The van der Waals surface area contributed by atoms with E-state index in [-0.39, 0.29) is 12.8 Å². The van der Waals surface area contributed by atoms with Gasteiger partial charge in [-0.25, -0.2) is 0 Å². The number of hydrogen-bond acceptors (Lipinski definition) is 2. The van der Waals surface area contributed by atoms with Gasteiger partial charge in [-0.3, -0.25) is 9.59 Å². The van der Waals surface area contributed by atoms with Gasteiger partial charge in [-0.1, -0.05) is 285 Å². The Morgan fingerprint density at radius 2 is 0.333 bits per heavy atom. The summed E-state index contributed by atoms with van der Waals surface area (Å²) in [5, 5.41) is 16.7. The van der Waals surface area contributed by atoms with Crippen LogP contribution in [-0.4, -0.2) is 22.2 Å². The Labute approximate surface area is 341 Å². The summed E-state index contributed by atoms with van der Waals surface area (Å²) >= 11 is 0. The van der Waals surface area contributed by atoms with Crippen LogP contribution in [0.15, 0.2) is 0 Å². The van der Waals surface area contributed by atoms with Crippen LogP contribution in [0.25, 0.3) is 0 Å². The topological polar surface area (TPSA) is 74.6 Å². The van der Waals surface area contributed by atoms with Crippen LogP contribution in [0.1, 0.15) is 310 Å². The molecular formula is C50H102O4. The summed E-state index contributed by atoms with van der Waals surface area (Å²) in [6.45, 7) is 9.19. The first-order valence-corrected chi connectivity index (χ1v) is 24.9. The van der Waals surface area contributed by atoms with Crippen LogP contribution in [0.2, 0.25) is 0 Å². The maximum absolute atomic E-state index is 10.1.